The maximum atomic E-state index is 6.07. The Kier molecular flexibility index (Phi) is 4.88. The predicted molar refractivity (Wildman–Crippen MR) is 90.6 cm³/mol. The molecule has 0 aliphatic carbocycles. The second kappa shape index (κ2) is 7.25. The molecule has 0 radical (unpaired) electrons. The molecule has 1 aliphatic rings. The molecule has 0 saturated heterocycles. The summed E-state index contributed by atoms with van der Waals surface area (Å²) in [7, 11) is 0. The van der Waals surface area contributed by atoms with Crippen molar-refractivity contribution in [2.45, 2.75) is 19.6 Å². The smallest absolute Gasteiger partial charge is 0.127 e. The van der Waals surface area contributed by atoms with Gasteiger partial charge in [0.1, 0.15) is 12.4 Å². The average Bonchev–Trinajstić information content (AvgIpc) is 2.61. The van der Waals surface area contributed by atoms with Crippen molar-refractivity contribution in [1.29, 1.82) is 0 Å². The summed E-state index contributed by atoms with van der Waals surface area (Å²) in [6.07, 6.45) is 3.27. The Balaban J connectivity index is 1.84. The molecule has 0 unspecified atom stereocenters. The van der Waals surface area contributed by atoms with Crippen LogP contribution in [0.2, 0.25) is 0 Å². The van der Waals surface area contributed by atoms with Crippen molar-refractivity contribution in [1.82, 2.24) is 5.32 Å². The molecule has 114 valence electrons. The third kappa shape index (κ3) is 3.56. The molecule has 3 nitrogen and oxygen atoms in total. The lowest BCUT2D eigenvalue weighted by atomic mass is 9.97. The van der Waals surface area contributed by atoms with Crippen LogP contribution in [0.4, 0.5) is 0 Å². The largest absolute Gasteiger partial charge is 0.488 e. The average molecular weight is 294 g/mol. The quantitative estimate of drug-likeness (QED) is 0.891. The molecule has 3 rings (SSSR count). The van der Waals surface area contributed by atoms with Crippen molar-refractivity contribution in [3.8, 4) is 5.75 Å². The van der Waals surface area contributed by atoms with Crippen molar-refractivity contribution < 1.29 is 4.74 Å². The molecule has 0 atom stereocenters. The summed E-state index contributed by atoms with van der Waals surface area (Å²) in [5.41, 5.74) is 10.6. The Morgan fingerprint density at radius 1 is 1.05 bits per heavy atom. The summed E-state index contributed by atoms with van der Waals surface area (Å²) in [5.74, 6) is 0.939. The molecule has 2 aromatic rings. The Morgan fingerprint density at radius 2 is 1.91 bits per heavy atom. The van der Waals surface area contributed by atoms with E-state index in [-0.39, 0.29) is 0 Å². The van der Waals surface area contributed by atoms with E-state index in [9.17, 15) is 0 Å². The van der Waals surface area contributed by atoms with E-state index in [2.05, 4.69) is 29.6 Å². The lowest BCUT2D eigenvalue weighted by Crippen LogP contribution is -2.20. The Morgan fingerprint density at radius 3 is 2.64 bits per heavy atom. The SMILES string of the molecule is NCc1ccc(OCc2ccccc2)c(C2=CCNCC2)c1. The summed E-state index contributed by atoms with van der Waals surface area (Å²) >= 11 is 0. The highest BCUT2D eigenvalue weighted by Crippen LogP contribution is 2.30. The number of ether oxygens (including phenoxy) is 1. The van der Waals surface area contributed by atoms with Crippen LogP contribution >= 0.6 is 0 Å². The van der Waals surface area contributed by atoms with Crippen LogP contribution in [0.25, 0.3) is 5.57 Å². The molecule has 1 aliphatic heterocycles. The molecule has 0 saturated carbocycles. The van der Waals surface area contributed by atoms with Crippen LogP contribution in [0.3, 0.4) is 0 Å². The number of hydrogen-bond acceptors (Lipinski definition) is 3. The van der Waals surface area contributed by atoms with Crippen molar-refractivity contribution in [3.63, 3.8) is 0 Å². The van der Waals surface area contributed by atoms with Crippen LogP contribution in [0, 0.1) is 0 Å². The van der Waals surface area contributed by atoms with Crippen molar-refractivity contribution in [3.05, 3.63) is 71.3 Å². The molecule has 0 spiro atoms. The van der Waals surface area contributed by atoms with Gasteiger partial charge < -0.3 is 15.8 Å². The molecular formula is C19H22N2O. The second-order valence-corrected chi connectivity index (χ2v) is 5.49. The molecule has 0 amide bonds. The topological polar surface area (TPSA) is 47.3 Å². The Hall–Kier alpha value is -2.10. The van der Waals surface area contributed by atoms with Gasteiger partial charge in [-0.25, -0.2) is 0 Å². The standard InChI is InChI=1S/C19H22N2O/c20-13-16-6-7-19(22-14-15-4-2-1-3-5-15)18(12-16)17-8-10-21-11-9-17/h1-8,12,21H,9-11,13-14,20H2. The van der Waals surface area contributed by atoms with Crippen molar-refractivity contribution in [2.24, 2.45) is 5.73 Å². The highest BCUT2D eigenvalue weighted by molar-refractivity contribution is 5.72. The number of benzene rings is 2. The monoisotopic (exact) mass is 294 g/mol. The molecule has 22 heavy (non-hydrogen) atoms. The summed E-state index contributed by atoms with van der Waals surface area (Å²) < 4.78 is 6.07. The number of nitrogens with two attached hydrogens (primary N) is 1. The van der Waals surface area contributed by atoms with Gasteiger partial charge in [-0.15, -0.1) is 0 Å². The molecule has 0 bridgehead atoms. The van der Waals surface area contributed by atoms with Gasteiger partial charge in [-0.1, -0.05) is 42.5 Å². The highest BCUT2D eigenvalue weighted by atomic mass is 16.5. The van der Waals surface area contributed by atoms with E-state index in [4.69, 9.17) is 10.5 Å². The molecular weight excluding hydrogens is 272 g/mol. The zero-order valence-corrected chi connectivity index (χ0v) is 12.7. The lowest BCUT2D eigenvalue weighted by molar-refractivity contribution is 0.305. The van der Waals surface area contributed by atoms with Crippen LogP contribution < -0.4 is 15.8 Å². The Labute approximate surface area is 131 Å². The zero-order valence-electron chi connectivity index (χ0n) is 12.7. The van der Waals surface area contributed by atoms with Gasteiger partial charge in [-0.2, -0.15) is 0 Å². The first-order chi connectivity index (χ1) is 10.9. The lowest BCUT2D eigenvalue weighted by Gasteiger charge is -2.19. The molecule has 2 aromatic carbocycles. The summed E-state index contributed by atoms with van der Waals surface area (Å²) in [6.45, 7) is 3.07. The van der Waals surface area contributed by atoms with E-state index in [1.807, 2.05) is 30.3 Å². The maximum absolute atomic E-state index is 6.07. The van der Waals surface area contributed by atoms with Gasteiger partial charge in [0.15, 0.2) is 0 Å². The van der Waals surface area contributed by atoms with Gasteiger partial charge in [0, 0.05) is 18.7 Å². The first kappa shape index (κ1) is 14.8. The predicted octanol–water partition coefficient (Wildman–Crippen LogP) is 3.10. The van der Waals surface area contributed by atoms with Crippen molar-refractivity contribution in [2.75, 3.05) is 13.1 Å². The first-order valence-electron chi connectivity index (χ1n) is 7.76. The van der Waals surface area contributed by atoms with Gasteiger partial charge >= 0.3 is 0 Å². The van der Waals surface area contributed by atoms with E-state index in [1.54, 1.807) is 0 Å². The Bertz CT molecular complexity index is 650. The van der Waals surface area contributed by atoms with Gasteiger partial charge in [0.05, 0.1) is 0 Å². The number of hydrogen-bond donors (Lipinski definition) is 2. The molecule has 0 fully saturated rings. The normalized spacial score (nSPS) is 14.5. The third-order valence-electron chi connectivity index (χ3n) is 3.93. The van der Waals surface area contributed by atoms with E-state index in [0.29, 0.717) is 13.2 Å². The minimum atomic E-state index is 0.553. The highest BCUT2D eigenvalue weighted by Gasteiger charge is 2.12. The van der Waals surface area contributed by atoms with Crippen molar-refractivity contribution >= 4 is 5.57 Å². The van der Waals surface area contributed by atoms with Gasteiger partial charge in [-0.3, -0.25) is 0 Å². The van der Waals surface area contributed by atoms with Crippen LogP contribution in [0.15, 0.2) is 54.6 Å². The number of rotatable bonds is 5. The van der Waals surface area contributed by atoms with Crippen LogP contribution in [-0.4, -0.2) is 13.1 Å². The molecule has 0 aromatic heterocycles. The van der Waals surface area contributed by atoms with E-state index >= 15 is 0 Å². The second-order valence-electron chi connectivity index (χ2n) is 5.49. The first-order valence-corrected chi connectivity index (χ1v) is 7.76. The minimum Gasteiger partial charge on any atom is -0.488 e. The van der Waals surface area contributed by atoms with Gasteiger partial charge in [0.25, 0.3) is 0 Å². The molecule has 1 heterocycles. The fraction of sp³-hybridized carbons (Fsp3) is 0.263. The summed E-state index contributed by atoms with van der Waals surface area (Å²) in [4.78, 5) is 0. The fourth-order valence-corrected chi connectivity index (χ4v) is 2.68. The van der Waals surface area contributed by atoms with E-state index in [1.165, 1.54) is 16.7 Å². The fourth-order valence-electron chi connectivity index (χ4n) is 2.68. The van der Waals surface area contributed by atoms with Gasteiger partial charge in [-0.05, 0) is 41.8 Å². The van der Waals surface area contributed by atoms with E-state index in [0.717, 1.165) is 30.8 Å². The minimum absolute atomic E-state index is 0.553. The zero-order chi connectivity index (χ0) is 15.2. The van der Waals surface area contributed by atoms with E-state index < -0.39 is 0 Å². The van der Waals surface area contributed by atoms with Crippen LogP contribution in [0.5, 0.6) is 5.75 Å². The van der Waals surface area contributed by atoms with Gasteiger partial charge in [0.2, 0.25) is 0 Å². The number of nitrogens with one attached hydrogen (secondary N) is 1. The third-order valence-corrected chi connectivity index (χ3v) is 3.93. The van der Waals surface area contributed by atoms with Crippen LogP contribution in [0.1, 0.15) is 23.1 Å². The maximum Gasteiger partial charge on any atom is 0.127 e. The summed E-state index contributed by atoms with van der Waals surface area (Å²) in [6, 6.07) is 16.5. The summed E-state index contributed by atoms with van der Waals surface area (Å²) in [5, 5.41) is 3.35. The molecule has 3 N–H and O–H groups in total. The molecule has 3 heteroatoms. The van der Waals surface area contributed by atoms with Crippen LogP contribution in [-0.2, 0) is 13.2 Å².